The number of ether oxygens (including phenoxy) is 3. The molecular weight excluding hydrogens is 316 g/mol. The lowest BCUT2D eigenvalue weighted by molar-refractivity contribution is 0.324. The van der Waals surface area contributed by atoms with Crippen LogP contribution in [0.2, 0.25) is 0 Å². The van der Waals surface area contributed by atoms with E-state index in [0.717, 1.165) is 11.4 Å². The lowest BCUT2D eigenvalue weighted by Crippen LogP contribution is -2.01. The van der Waals surface area contributed by atoms with Crippen molar-refractivity contribution in [2.75, 3.05) is 21.3 Å². The Morgan fingerprint density at radius 3 is 2.26 bits per heavy atom. The Balaban J connectivity index is 2.44. The van der Waals surface area contributed by atoms with Gasteiger partial charge in [0.1, 0.15) is 0 Å². The average Bonchev–Trinajstić information content (AvgIpc) is 2.92. The molecule has 7 nitrogen and oxygen atoms in total. The molecule has 23 heavy (non-hydrogen) atoms. The van der Waals surface area contributed by atoms with E-state index in [1.54, 1.807) is 32.2 Å². The number of methoxy groups -OCH3 is 3. The molecule has 0 spiro atoms. The Hall–Kier alpha value is -2.35. The Kier molecular flexibility index (Phi) is 5.38. The molecule has 2 rings (SSSR count). The fourth-order valence-corrected chi connectivity index (χ4v) is 2.28. The summed E-state index contributed by atoms with van der Waals surface area (Å²) in [7, 11) is 4.70. The first-order valence-corrected chi connectivity index (χ1v) is 7.44. The summed E-state index contributed by atoms with van der Waals surface area (Å²) in [5.74, 6) is 2.62. The molecular formula is C15H20N4O3S. The smallest absolute Gasteiger partial charge is 0.216 e. The van der Waals surface area contributed by atoms with E-state index in [-0.39, 0.29) is 5.92 Å². The summed E-state index contributed by atoms with van der Waals surface area (Å²) in [6.07, 6.45) is 1.67. The SMILES string of the molecule is COc1cc(C=Nn2c(C(C)C)n[nH]c2=S)cc(OC)c1OC. The molecule has 0 bridgehead atoms. The van der Waals surface area contributed by atoms with Crippen LogP contribution < -0.4 is 14.2 Å². The van der Waals surface area contributed by atoms with Gasteiger partial charge in [-0.3, -0.25) is 5.10 Å². The molecule has 2 aromatic rings. The van der Waals surface area contributed by atoms with Crippen LogP contribution in [0.3, 0.4) is 0 Å². The molecule has 0 aliphatic rings. The number of benzene rings is 1. The summed E-state index contributed by atoms with van der Waals surface area (Å²) in [6, 6.07) is 3.62. The number of hydrogen-bond acceptors (Lipinski definition) is 6. The first-order valence-electron chi connectivity index (χ1n) is 7.03. The third-order valence-corrected chi connectivity index (χ3v) is 3.47. The number of rotatable bonds is 6. The van der Waals surface area contributed by atoms with E-state index < -0.39 is 0 Å². The van der Waals surface area contributed by atoms with Crippen LogP contribution in [-0.2, 0) is 0 Å². The summed E-state index contributed by atoms with van der Waals surface area (Å²) in [5.41, 5.74) is 0.789. The fraction of sp³-hybridized carbons (Fsp3) is 0.400. The van der Waals surface area contributed by atoms with Gasteiger partial charge in [0.05, 0.1) is 27.5 Å². The van der Waals surface area contributed by atoms with E-state index in [2.05, 4.69) is 15.3 Å². The molecule has 0 saturated heterocycles. The summed E-state index contributed by atoms with van der Waals surface area (Å²) in [6.45, 7) is 4.05. The number of nitrogens with one attached hydrogen (secondary N) is 1. The molecule has 0 fully saturated rings. The van der Waals surface area contributed by atoms with Crippen molar-refractivity contribution >= 4 is 18.4 Å². The highest BCUT2D eigenvalue weighted by atomic mass is 32.1. The Morgan fingerprint density at radius 2 is 1.78 bits per heavy atom. The molecule has 1 aromatic carbocycles. The third kappa shape index (κ3) is 3.53. The monoisotopic (exact) mass is 336 g/mol. The van der Waals surface area contributed by atoms with E-state index in [9.17, 15) is 0 Å². The lowest BCUT2D eigenvalue weighted by Gasteiger charge is -2.12. The van der Waals surface area contributed by atoms with E-state index in [4.69, 9.17) is 26.4 Å². The number of hydrogen-bond donors (Lipinski definition) is 1. The van der Waals surface area contributed by atoms with Crippen molar-refractivity contribution in [3.8, 4) is 17.2 Å². The molecule has 8 heteroatoms. The second-order valence-electron chi connectivity index (χ2n) is 5.06. The first kappa shape index (κ1) is 17.0. The van der Waals surface area contributed by atoms with Gasteiger partial charge in [0, 0.05) is 11.5 Å². The number of aromatic nitrogens is 3. The predicted molar refractivity (Wildman–Crippen MR) is 90.6 cm³/mol. The highest BCUT2D eigenvalue weighted by molar-refractivity contribution is 7.71. The summed E-state index contributed by atoms with van der Waals surface area (Å²) >= 11 is 5.21. The zero-order valence-electron chi connectivity index (χ0n) is 13.8. The molecule has 0 aliphatic heterocycles. The third-order valence-electron chi connectivity index (χ3n) is 3.20. The van der Waals surface area contributed by atoms with Crippen molar-refractivity contribution in [3.05, 3.63) is 28.3 Å². The molecule has 0 aliphatic carbocycles. The summed E-state index contributed by atoms with van der Waals surface area (Å²) in [5, 5.41) is 11.3. The summed E-state index contributed by atoms with van der Waals surface area (Å²) < 4.78 is 18.0. The standard InChI is InChI=1S/C15H20N4O3S/c1-9(2)14-17-18-15(23)19(14)16-8-10-6-11(20-3)13(22-5)12(7-10)21-4/h6-9H,1-5H3,(H,18,23). The van der Waals surface area contributed by atoms with Crippen LogP contribution in [0.4, 0.5) is 0 Å². The van der Waals surface area contributed by atoms with Gasteiger partial charge in [0.2, 0.25) is 10.5 Å². The highest BCUT2D eigenvalue weighted by Gasteiger charge is 2.13. The van der Waals surface area contributed by atoms with Crippen molar-refractivity contribution in [1.29, 1.82) is 0 Å². The average molecular weight is 336 g/mol. The molecule has 1 aromatic heterocycles. The van der Waals surface area contributed by atoms with Gasteiger partial charge < -0.3 is 14.2 Å². The van der Waals surface area contributed by atoms with Crippen molar-refractivity contribution in [3.63, 3.8) is 0 Å². The zero-order valence-corrected chi connectivity index (χ0v) is 14.6. The van der Waals surface area contributed by atoms with Gasteiger partial charge in [-0.25, -0.2) is 0 Å². The molecule has 0 amide bonds. The van der Waals surface area contributed by atoms with Crippen LogP contribution in [0, 0.1) is 4.77 Å². The predicted octanol–water partition coefficient (Wildman–Crippen LogP) is 2.97. The van der Waals surface area contributed by atoms with E-state index in [1.807, 2.05) is 26.0 Å². The number of H-pyrrole nitrogens is 1. The molecule has 0 atom stereocenters. The second kappa shape index (κ2) is 7.28. The van der Waals surface area contributed by atoms with Crippen molar-refractivity contribution < 1.29 is 14.2 Å². The molecule has 0 radical (unpaired) electrons. The molecule has 0 saturated carbocycles. The van der Waals surface area contributed by atoms with Crippen molar-refractivity contribution in [2.24, 2.45) is 5.10 Å². The normalized spacial score (nSPS) is 11.2. The topological polar surface area (TPSA) is 73.7 Å². The molecule has 124 valence electrons. The van der Waals surface area contributed by atoms with E-state index in [0.29, 0.717) is 22.0 Å². The van der Waals surface area contributed by atoms with Gasteiger partial charge in [0.15, 0.2) is 17.3 Å². The molecule has 0 unspecified atom stereocenters. The van der Waals surface area contributed by atoms with Crippen LogP contribution in [0.15, 0.2) is 17.2 Å². The minimum absolute atomic E-state index is 0.194. The fourth-order valence-electron chi connectivity index (χ4n) is 2.09. The van der Waals surface area contributed by atoms with Crippen LogP contribution >= 0.6 is 12.2 Å². The number of aromatic amines is 1. The van der Waals surface area contributed by atoms with Gasteiger partial charge in [-0.2, -0.15) is 14.9 Å². The van der Waals surface area contributed by atoms with Gasteiger partial charge in [-0.05, 0) is 24.4 Å². The largest absolute Gasteiger partial charge is 0.493 e. The highest BCUT2D eigenvalue weighted by Crippen LogP contribution is 2.37. The van der Waals surface area contributed by atoms with Crippen molar-refractivity contribution in [1.82, 2.24) is 14.9 Å². The van der Waals surface area contributed by atoms with Crippen molar-refractivity contribution in [2.45, 2.75) is 19.8 Å². The lowest BCUT2D eigenvalue weighted by atomic mass is 10.2. The number of nitrogens with zero attached hydrogens (tertiary/aromatic N) is 3. The Morgan fingerprint density at radius 1 is 1.17 bits per heavy atom. The van der Waals surface area contributed by atoms with Crippen LogP contribution in [0.25, 0.3) is 0 Å². The Labute approximate surface area is 139 Å². The van der Waals surface area contributed by atoms with Crippen LogP contribution in [0.5, 0.6) is 17.2 Å². The maximum atomic E-state index is 5.33. The quantitative estimate of drug-likeness (QED) is 0.648. The molecule has 1 N–H and O–H groups in total. The van der Waals surface area contributed by atoms with Gasteiger partial charge in [-0.15, -0.1) is 0 Å². The maximum Gasteiger partial charge on any atom is 0.216 e. The Bertz CT molecular complexity index is 739. The second-order valence-corrected chi connectivity index (χ2v) is 5.44. The first-order chi connectivity index (χ1) is 11.0. The van der Waals surface area contributed by atoms with Crippen LogP contribution in [-0.4, -0.2) is 42.4 Å². The van der Waals surface area contributed by atoms with Crippen LogP contribution in [0.1, 0.15) is 31.2 Å². The minimum atomic E-state index is 0.194. The van der Waals surface area contributed by atoms with E-state index in [1.165, 1.54) is 0 Å². The van der Waals surface area contributed by atoms with Gasteiger partial charge in [0.25, 0.3) is 0 Å². The molecule has 1 heterocycles. The van der Waals surface area contributed by atoms with E-state index >= 15 is 0 Å². The maximum absolute atomic E-state index is 5.33. The minimum Gasteiger partial charge on any atom is -0.493 e. The van der Waals surface area contributed by atoms with Gasteiger partial charge in [-0.1, -0.05) is 13.8 Å². The zero-order chi connectivity index (χ0) is 17.0. The summed E-state index contributed by atoms with van der Waals surface area (Å²) in [4.78, 5) is 0. The van der Waals surface area contributed by atoms with Gasteiger partial charge >= 0.3 is 0 Å².